The van der Waals surface area contributed by atoms with Gasteiger partial charge < -0.3 is 0 Å². The quantitative estimate of drug-likeness (QED) is 0.305. The zero-order chi connectivity index (χ0) is 18.8. The standard InChI is InChI=1S/C21H15N5S2/c1-2-7-16(8-3-1)26-14-15(20(25-26)19-11-6-12-27-19)13-22-24-21-23-17-9-4-5-10-18(17)28-21/h1-14H,(H,23,24). The fraction of sp³-hybridized carbons (Fsp3) is 0. The molecule has 0 aliphatic heterocycles. The molecule has 0 spiro atoms. The van der Waals surface area contributed by atoms with E-state index in [1.807, 2.05) is 65.5 Å². The molecule has 0 radical (unpaired) electrons. The number of nitrogens with one attached hydrogen (secondary N) is 1. The van der Waals surface area contributed by atoms with Gasteiger partial charge in [0.05, 0.1) is 27.0 Å². The molecule has 0 fully saturated rings. The van der Waals surface area contributed by atoms with Gasteiger partial charge in [-0.2, -0.15) is 10.2 Å². The number of hydrogen-bond donors (Lipinski definition) is 1. The van der Waals surface area contributed by atoms with Gasteiger partial charge in [-0.05, 0) is 35.7 Å². The Morgan fingerprint density at radius 2 is 1.82 bits per heavy atom. The average Bonchev–Trinajstić information content (AvgIpc) is 3.47. The fourth-order valence-electron chi connectivity index (χ4n) is 2.88. The van der Waals surface area contributed by atoms with E-state index >= 15 is 0 Å². The Morgan fingerprint density at radius 1 is 0.964 bits per heavy atom. The van der Waals surface area contributed by atoms with Crippen LogP contribution in [0.2, 0.25) is 0 Å². The summed E-state index contributed by atoms with van der Waals surface area (Å²) in [6.07, 6.45) is 3.79. The molecule has 5 rings (SSSR count). The fourth-order valence-corrected chi connectivity index (χ4v) is 4.42. The Labute approximate surface area is 169 Å². The predicted octanol–water partition coefficient (Wildman–Crippen LogP) is 5.66. The Balaban J connectivity index is 1.46. The largest absolute Gasteiger partial charge is 0.253 e. The van der Waals surface area contributed by atoms with E-state index in [0.717, 1.165) is 37.2 Å². The Morgan fingerprint density at radius 3 is 2.64 bits per heavy atom. The lowest BCUT2D eigenvalue weighted by Gasteiger charge is -1.98. The van der Waals surface area contributed by atoms with Gasteiger partial charge in [0, 0.05) is 11.8 Å². The number of thiazole rings is 1. The SMILES string of the molecule is C(=NNc1nc2ccccc2s1)c1cn(-c2ccccc2)nc1-c1cccs1. The molecule has 5 nitrogen and oxygen atoms in total. The van der Waals surface area contributed by atoms with E-state index < -0.39 is 0 Å². The van der Waals surface area contributed by atoms with Gasteiger partial charge in [0.15, 0.2) is 0 Å². The van der Waals surface area contributed by atoms with Crippen LogP contribution in [-0.4, -0.2) is 21.0 Å². The van der Waals surface area contributed by atoms with Gasteiger partial charge in [-0.25, -0.2) is 9.67 Å². The number of benzene rings is 2. The lowest BCUT2D eigenvalue weighted by molar-refractivity contribution is 0.885. The summed E-state index contributed by atoms with van der Waals surface area (Å²) < 4.78 is 3.02. The van der Waals surface area contributed by atoms with Crippen LogP contribution >= 0.6 is 22.7 Å². The third-order valence-corrected chi connectivity index (χ3v) is 5.99. The minimum absolute atomic E-state index is 0.769. The summed E-state index contributed by atoms with van der Waals surface area (Å²) in [6, 6.07) is 22.2. The molecular weight excluding hydrogens is 386 g/mol. The maximum Gasteiger partial charge on any atom is 0.204 e. The number of anilines is 1. The van der Waals surface area contributed by atoms with Crippen molar-refractivity contribution in [1.29, 1.82) is 0 Å². The van der Waals surface area contributed by atoms with Crippen molar-refractivity contribution in [2.24, 2.45) is 5.10 Å². The average molecular weight is 402 g/mol. The van der Waals surface area contributed by atoms with Crippen LogP contribution in [-0.2, 0) is 0 Å². The maximum absolute atomic E-state index is 4.78. The van der Waals surface area contributed by atoms with Gasteiger partial charge in [0.1, 0.15) is 5.69 Å². The molecule has 0 saturated heterocycles. The Bertz CT molecular complexity index is 1200. The molecule has 136 valence electrons. The minimum atomic E-state index is 0.769. The van der Waals surface area contributed by atoms with Crippen LogP contribution in [0, 0.1) is 0 Å². The summed E-state index contributed by atoms with van der Waals surface area (Å²) in [5.41, 5.74) is 6.89. The first-order valence-electron chi connectivity index (χ1n) is 8.70. The van der Waals surface area contributed by atoms with Crippen molar-refractivity contribution in [3.63, 3.8) is 0 Å². The van der Waals surface area contributed by atoms with E-state index in [9.17, 15) is 0 Å². The topological polar surface area (TPSA) is 55.1 Å². The van der Waals surface area contributed by atoms with Gasteiger partial charge in [-0.1, -0.05) is 47.7 Å². The number of rotatable bonds is 5. The number of hydrazone groups is 1. The van der Waals surface area contributed by atoms with Crippen LogP contribution in [0.15, 0.2) is 83.4 Å². The Hall–Kier alpha value is -3.29. The number of para-hydroxylation sites is 2. The third-order valence-electron chi connectivity index (χ3n) is 4.18. The van der Waals surface area contributed by atoms with Crippen LogP contribution in [0.25, 0.3) is 26.5 Å². The summed E-state index contributed by atoms with van der Waals surface area (Å²) in [7, 11) is 0. The predicted molar refractivity (Wildman–Crippen MR) is 118 cm³/mol. The molecule has 3 heterocycles. The van der Waals surface area contributed by atoms with Gasteiger partial charge in [0.2, 0.25) is 5.13 Å². The molecule has 28 heavy (non-hydrogen) atoms. The first-order chi connectivity index (χ1) is 13.9. The van der Waals surface area contributed by atoms with Crippen molar-refractivity contribution in [3.05, 3.63) is 83.9 Å². The van der Waals surface area contributed by atoms with E-state index in [-0.39, 0.29) is 0 Å². The monoisotopic (exact) mass is 401 g/mol. The van der Waals surface area contributed by atoms with Crippen LogP contribution < -0.4 is 5.43 Å². The molecule has 1 N–H and O–H groups in total. The third kappa shape index (κ3) is 3.33. The lowest BCUT2D eigenvalue weighted by Crippen LogP contribution is -1.93. The van der Waals surface area contributed by atoms with E-state index in [0.29, 0.717) is 0 Å². The molecule has 0 aliphatic rings. The molecular formula is C21H15N5S2. The molecule has 3 aromatic heterocycles. The number of hydrogen-bond acceptors (Lipinski definition) is 6. The molecule has 5 aromatic rings. The van der Waals surface area contributed by atoms with Crippen LogP contribution in [0.3, 0.4) is 0 Å². The zero-order valence-electron chi connectivity index (χ0n) is 14.7. The van der Waals surface area contributed by atoms with Crippen LogP contribution in [0.1, 0.15) is 5.56 Å². The van der Waals surface area contributed by atoms with Crippen molar-refractivity contribution >= 4 is 44.2 Å². The molecule has 7 heteroatoms. The molecule has 0 unspecified atom stereocenters. The van der Waals surface area contributed by atoms with E-state index in [4.69, 9.17) is 5.10 Å². The molecule has 2 aromatic carbocycles. The summed E-state index contributed by atoms with van der Waals surface area (Å²) in [5, 5.41) is 12.0. The van der Waals surface area contributed by atoms with Crippen molar-refractivity contribution in [3.8, 4) is 16.3 Å². The lowest BCUT2D eigenvalue weighted by atomic mass is 10.2. The molecule has 0 aliphatic carbocycles. The highest BCUT2D eigenvalue weighted by molar-refractivity contribution is 7.22. The first kappa shape index (κ1) is 16.9. The van der Waals surface area contributed by atoms with E-state index in [1.54, 1.807) is 28.9 Å². The second kappa shape index (κ2) is 7.38. The van der Waals surface area contributed by atoms with E-state index in [2.05, 4.69) is 33.0 Å². The first-order valence-corrected chi connectivity index (χ1v) is 10.4. The maximum atomic E-state index is 4.78. The number of aromatic nitrogens is 3. The van der Waals surface area contributed by atoms with Crippen molar-refractivity contribution in [1.82, 2.24) is 14.8 Å². The van der Waals surface area contributed by atoms with E-state index in [1.165, 1.54) is 0 Å². The normalized spacial score (nSPS) is 11.4. The summed E-state index contributed by atoms with van der Waals surface area (Å²) in [6.45, 7) is 0. The number of thiophene rings is 1. The molecule has 0 atom stereocenters. The Kier molecular flexibility index (Phi) is 4.44. The van der Waals surface area contributed by atoms with Gasteiger partial charge in [0.25, 0.3) is 0 Å². The van der Waals surface area contributed by atoms with Crippen molar-refractivity contribution < 1.29 is 0 Å². The van der Waals surface area contributed by atoms with Crippen LogP contribution in [0.4, 0.5) is 5.13 Å². The van der Waals surface area contributed by atoms with Gasteiger partial charge in [-0.3, -0.25) is 5.43 Å². The summed E-state index contributed by atoms with van der Waals surface area (Å²) in [4.78, 5) is 5.65. The number of nitrogens with zero attached hydrogens (tertiary/aromatic N) is 4. The molecule has 0 saturated carbocycles. The second-order valence-corrected chi connectivity index (χ2v) is 8.03. The van der Waals surface area contributed by atoms with Gasteiger partial charge in [-0.15, -0.1) is 11.3 Å². The summed E-state index contributed by atoms with van der Waals surface area (Å²) >= 11 is 3.25. The highest BCUT2D eigenvalue weighted by Crippen LogP contribution is 2.28. The van der Waals surface area contributed by atoms with Gasteiger partial charge >= 0.3 is 0 Å². The van der Waals surface area contributed by atoms with Crippen molar-refractivity contribution in [2.45, 2.75) is 0 Å². The smallest absolute Gasteiger partial charge is 0.204 e. The van der Waals surface area contributed by atoms with Crippen molar-refractivity contribution in [2.75, 3.05) is 5.43 Å². The second-order valence-electron chi connectivity index (χ2n) is 6.05. The molecule has 0 amide bonds. The van der Waals surface area contributed by atoms with Crippen LogP contribution in [0.5, 0.6) is 0 Å². The zero-order valence-corrected chi connectivity index (χ0v) is 16.3. The minimum Gasteiger partial charge on any atom is -0.253 e. The molecule has 0 bridgehead atoms. The highest BCUT2D eigenvalue weighted by Gasteiger charge is 2.12. The summed E-state index contributed by atoms with van der Waals surface area (Å²) in [5.74, 6) is 0. The number of fused-ring (bicyclic) bond motifs is 1. The highest BCUT2D eigenvalue weighted by atomic mass is 32.1.